The monoisotopic (exact) mass is 1860 g/mol. The Kier molecular flexibility index (Phi) is 82.2. The molecular weight excluding hydrogens is 1720 g/mol. The van der Waals surface area contributed by atoms with Gasteiger partial charge in [0.25, 0.3) is 0 Å². The Morgan fingerprint density at radius 3 is 0.532 bits per heavy atom. The van der Waals surface area contributed by atoms with Crippen LogP contribution in [-0.2, 0) is 183 Å². The highest BCUT2D eigenvalue weighted by atomic mass is 19.4. The van der Waals surface area contributed by atoms with Crippen molar-refractivity contribution < 1.29 is 237 Å². The van der Waals surface area contributed by atoms with Crippen molar-refractivity contribution >= 4 is 0 Å². The first-order valence-electron chi connectivity index (χ1n) is 40.7. The van der Waals surface area contributed by atoms with Crippen molar-refractivity contribution in [2.24, 2.45) is 10.8 Å². The van der Waals surface area contributed by atoms with Crippen LogP contribution in [0.1, 0.15) is 55.4 Å². The molecule has 0 aliphatic rings. The molecule has 2 N–H and O–H groups in total. The van der Waals surface area contributed by atoms with Crippen LogP contribution in [0.3, 0.4) is 0 Å². The Hall–Kier alpha value is -2.30. The van der Waals surface area contributed by atoms with E-state index in [4.69, 9.17) is 173 Å². The van der Waals surface area contributed by atoms with Crippen LogP contribution < -0.4 is 0 Å². The standard InChI is InChI=1S/C74H140F10O40/c1-63(49-96-28-31-107-109-33-35-111-113-37-39-115-117-41-43-119-121-45-47-123-124-48-46-122-120-44-42-118-116-40-38-114-112-36-34-110-108-32-29-98-58-70(8,56-86)60-100-62-72(77,78)74(82,83)84)102-51-65(3)104-53-67(5)106-54-68(6)105-52-66(4)103-50-64(2)101-30-27-95-24-23-93-20-19-91-16-15-89-12-11-87-9-10-88-13-14-90-17-18-92-21-22-94-25-26-97-57-69(7,55-85)59-99-61-71(75,76)73(79,80)81/h63-68,85-86H,9-62H2,1-8H3. The summed E-state index contributed by atoms with van der Waals surface area (Å²) in [5.74, 6) is -10.0. The van der Waals surface area contributed by atoms with Gasteiger partial charge in [0.15, 0.2) is 0 Å². The van der Waals surface area contributed by atoms with Crippen LogP contribution in [0.25, 0.3) is 0 Å². The van der Waals surface area contributed by atoms with Crippen molar-refractivity contribution in [2.45, 2.75) is 116 Å². The number of aliphatic hydroxyl groups excluding tert-OH is 2. The summed E-state index contributed by atoms with van der Waals surface area (Å²) in [6.07, 6.45) is -12.4. The van der Waals surface area contributed by atoms with Gasteiger partial charge in [-0.05, 0) is 41.5 Å². The number of rotatable bonds is 101. The van der Waals surface area contributed by atoms with Crippen LogP contribution in [0.4, 0.5) is 43.9 Å². The van der Waals surface area contributed by atoms with E-state index in [-0.39, 0.29) is 202 Å². The molecule has 0 saturated carbocycles. The third-order valence-electron chi connectivity index (χ3n) is 14.7. The van der Waals surface area contributed by atoms with Gasteiger partial charge in [-0.3, -0.25) is 0 Å². The molecular formula is C74H140F10O40. The number of aliphatic hydroxyl groups is 2. The third-order valence-corrected chi connectivity index (χ3v) is 14.7. The minimum absolute atomic E-state index is 0.0135. The van der Waals surface area contributed by atoms with Crippen LogP contribution in [0, 0.1) is 10.8 Å². The number of hydrogen-bond acceptors (Lipinski definition) is 40. The quantitative estimate of drug-likeness (QED) is 0.0325. The maximum atomic E-state index is 13.0. The van der Waals surface area contributed by atoms with Crippen molar-refractivity contribution in [3.63, 3.8) is 0 Å². The molecule has 8 unspecified atom stereocenters. The smallest absolute Gasteiger partial charge is 0.396 e. The molecule has 0 radical (unpaired) electrons. The maximum Gasteiger partial charge on any atom is 0.455 e. The Bertz CT molecular complexity index is 2230. The third kappa shape index (κ3) is 80.5. The zero-order valence-corrected chi connectivity index (χ0v) is 72.8. The molecule has 0 amide bonds. The normalized spacial score (nSPS) is 15.1. The second-order valence-corrected chi connectivity index (χ2v) is 27.2. The Morgan fingerprint density at radius 2 is 0.331 bits per heavy atom. The van der Waals surface area contributed by atoms with E-state index in [1.54, 1.807) is 0 Å². The SMILES string of the molecule is CC(COCCOOCCOOCCOOCCOOCCOOCCOOCCOOCCOOCCOOCCOCC(C)(CO)COCC(F)(F)C(F)(F)F)OCC(C)OCC(C)OCC(C)OCC(C)OCC(C)OCCOCCOCCOCCOCCOCCOCCOCCOCCOCCOCC(C)(CO)COCC(F)(F)C(F)(F)F. The molecule has 0 fully saturated rings. The first-order chi connectivity index (χ1) is 59.6. The predicted octanol–water partition coefficient (Wildman–Crippen LogP) is 5.58. The van der Waals surface area contributed by atoms with E-state index in [1.165, 1.54) is 13.8 Å². The van der Waals surface area contributed by atoms with Crippen LogP contribution in [-0.4, -0.2) is 428 Å². The summed E-state index contributed by atoms with van der Waals surface area (Å²) in [7, 11) is 0. The fraction of sp³-hybridized carbons (Fsp3) is 1.00. The number of alkyl halides is 10. The summed E-state index contributed by atoms with van der Waals surface area (Å²) in [4.78, 5) is 88.7. The first-order valence-corrected chi connectivity index (χ1v) is 40.7. The summed E-state index contributed by atoms with van der Waals surface area (Å²) in [6.45, 7) is 18.8. The molecule has 0 rings (SSSR count). The van der Waals surface area contributed by atoms with Gasteiger partial charge in [-0.15, -0.1) is 0 Å². The second kappa shape index (κ2) is 83.7. The van der Waals surface area contributed by atoms with Crippen LogP contribution >= 0.6 is 0 Å². The van der Waals surface area contributed by atoms with E-state index in [9.17, 15) is 54.1 Å². The van der Waals surface area contributed by atoms with Gasteiger partial charge in [-0.25, -0.2) is 88.0 Å². The zero-order valence-electron chi connectivity index (χ0n) is 72.8. The van der Waals surface area contributed by atoms with Gasteiger partial charge in [0.2, 0.25) is 0 Å². The van der Waals surface area contributed by atoms with Crippen molar-refractivity contribution in [1.82, 2.24) is 0 Å². The molecule has 8 atom stereocenters. The number of hydrogen-bond donors (Lipinski definition) is 2. The van der Waals surface area contributed by atoms with Crippen molar-refractivity contribution in [3.05, 3.63) is 0 Å². The minimum atomic E-state index is -5.75. The van der Waals surface area contributed by atoms with E-state index < -0.39 is 74.7 Å². The molecule has 0 aromatic heterocycles. The summed E-state index contributed by atoms with van der Waals surface area (Å²) in [6, 6.07) is 0. The van der Waals surface area contributed by atoms with E-state index in [2.05, 4.69) is 9.47 Å². The number of halogens is 10. The van der Waals surface area contributed by atoms with Crippen LogP contribution in [0.5, 0.6) is 0 Å². The van der Waals surface area contributed by atoms with Gasteiger partial charge in [0.05, 0.1) is 261 Å². The molecule has 124 heavy (non-hydrogen) atoms. The van der Waals surface area contributed by atoms with Gasteiger partial charge in [-0.2, -0.15) is 43.9 Å². The topological polar surface area (TPSA) is 391 Å². The minimum Gasteiger partial charge on any atom is -0.396 e. The molecule has 0 aliphatic carbocycles. The summed E-state index contributed by atoms with van der Waals surface area (Å²) >= 11 is 0. The van der Waals surface area contributed by atoms with E-state index in [0.29, 0.717) is 152 Å². The predicted molar refractivity (Wildman–Crippen MR) is 403 cm³/mol. The van der Waals surface area contributed by atoms with Gasteiger partial charge in [-0.1, -0.05) is 13.8 Å². The molecule has 40 nitrogen and oxygen atoms in total. The maximum absolute atomic E-state index is 13.0. The molecule has 0 aromatic rings. The highest BCUT2D eigenvalue weighted by molar-refractivity contribution is 4.79. The van der Waals surface area contributed by atoms with Gasteiger partial charge >= 0.3 is 24.2 Å². The lowest BCUT2D eigenvalue weighted by Crippen LogP contribution is -2.42. The first kappa shape index (κ1) is 122. The van der Waals surface area contributed by atoms with E-state index >= 15 is 0 Å². The Labute approximate surface area is 718 Å². The summed E-state index contributed by atoms with van der Waals surface area (Å²) in [5.41, 5.74) is -2.40. The molecule has 746 valence electrons. The summed E-state index contributed by atoms with van der Waals surface area (Å²) in [5, 5.41) is 19.0. The Balaban J connectivity index is 3.45. The largest absolute Gasteiger partial charge is 0.455 e. The van der Waals surface area contributed by atoms with E-state index in [0.717, 1.165) is 0 Å². The summed E-state index contributed by atoms with van der Waals surface area (Å²) < 4.78 is 236. The lowest BCUT2D eigenvalue weighted by molar-refractivity contribution is -0.378. The van der Waals surface area contributed by atoms with Gasteiger partial charge in [0, 0.05) is 10.8 Å². The molecule has 0 aliphatic heterocycles. The fourth-order valence-electron chi connectivity index (χ4n) is 8.03. The van der Waals surface area contributed by atoms with E-state index in [1.807, 2.05) is 41.5 Å². The molecule has 50 heteroatoms. The zero-order chi connectivity index (χ0) is 91.5. The van der Waals surface area contributed by atoms with Gasteiger partial charge < -0.3 is 105 Å². The lowest BCUT2D eigenvalue weighted by Gasteiger charge is -2.28. The highest BCUT2D eigenvalue weighted by Crippen LogP contribution is 2.37. The molecule has 0 heterocycles. The lowest BCUT2D eigenvalue weighted by atomic mass is 9.94. The molecule has 0 saturated heterocycles. The van der Waals surface area contributed by atoms with Crippen LogP contribution in [0.15, 0.2) is 0 Å². The fourth-order valence-corrected chi connectivity index (χ4v) is 8.03. The van der Waals surface area contributed by atoms with Gasteiger partial charge in [0.1, 0.15) is 132 Å². The molecule has 0 aromatic carbocycles. The average Bonchev–Trinajstić information content (AvgIpc) is 0.844. The number of ether oxygens (including phenoxy) is 20. The molecule has 0 bridgehead atoms. The average molecular weight is 1860 g/mol. The second-order valence-electron chi connectivity index (χ2n) is 27.2. The van der Waals surface area contributed by atoms with Crippen molar-refractivity contribution in [1.29, 1.82) is 0 Å². The highest BCUT2D eigenvalue weighted by Gasteiger charge is 2.58. The van der Waals surface area contributed by atoms with Crippen LogP contribution in [0.2, 0.25) is 0 Å². The van der Waals surface area contributed by atoms with Crippen molar-refractivity contribution in [2.75, 3.05) is 357 Å². The Morgan fingerprint density at radius 1 is 0.177 bits per heavy atom. The van der Waals surface area contributed by atoms with Crippen molar-refractivity contribution in [3.8, 4) is 0 Å². The molecule has 0 spiro atoms.